The fourth-order valence-electron chi connectivity index (χ4n) is 2.03. The third kappa shape index (κ3) is 4.17. The summed E-state index contributed by atoms with van der Waals surface area (Å²) >= 11 is 0. The normalized spacial score (nSPS) is 15.1. The lowest BCUT2D eigenvalue weighted by atomic mass is 9.92. The van der Waals surface area contributed by atoms with Crippen molar-refractivity contribution in [2.45, 2.75) is 51.6 Å². The van der Waals surface area contributed by atoms with E-state index in [-0.39, 0.29) is 5.54 Å². The average Bonchev–Trinajstić information content (AvgIpc) is 2.82. The molecule has 0 saturated carbocycles. The van der Waals surface area contributed by atoms with E-state index in [1.54, 1.807) is 6.26 Å². The van der Waals surface area contributed by atoms with Crippen LogP contribution in [-0.4, -0.2) is 24.0 Å². The Hall–Kier alpha value is -0.800. The van der Waals surface area contributed by atoms with Crippen molar-refractivity contribution < 1.29 is 4.42 Å². The molecular formula is C14H26N2O. The first-order valence-electron chi connectivity index (χ1n) is 6.56. The molecule has 0 spiro atoms. The van der Waals surface area contributed by atoms with Gasteiger partial charge in [0.25, 0.3) is 0 Å². The predicted molar refractivity (Wildman–Crippen MR) is 71.8 cm³/mol. The van der Waals surface area contributed by atoms with E-state index in [0.717, 1.165) is 18.7 Å². The van der Waals surface area contributed by atoms with Crippen LogP contribution in [-0.2, 0) is 6.54 Å². The largest absolute Gasteiger partial charge is 0.468 e. The molecular weight excluding hydrogens is 212 g/mol. The topological polar surface area (TPSA) is 42.4 Å². The molecule has 1 aromatic heterocycles. The third-order valence-corrected chi connectivity index (χ3v) is 3.65. The smallest absolute Gasteiger partial charge is 0.117 e. The van der Waals surface area contributed by atoms with E-state index in [4.69, 9.17) is 10.2 Å². The molecule has 0 amide bonds. The van der Waals surface area contributed by atoms with E-state index < -0.39 is 0 Å². The minimum Gasteiger partial charge on any atom is -0.468 e. The molecule has 0 bridgehead atoms. The molecule has 0 saturated heterocycles. The second kappa shape index (κ2) is 6.82. The highest BCUT2D eigenvalue weighted by atomic mass is 16.3. The van der Waals surface area contributed by atoms with Gasteiger partial charge >= 0.3 is 0 Å². The van der Waals surface area contributed by atoms with Gasteiger partial charge < -0.3 is 10.2 Å². The highest BCUT2D eigenvalue weighted by Crippen LogP contribution is 2.22. The molecule has 3 heteroatoms. The van der Waals surface area contributed by atoms with E-state index in [2.05, 4.69) is 25.8 Å². The zero-order chi connectivity index (χ0) is 12.7. The standard InChI is InChI=1S/C14H26N2O/c1-4-5-6-9-14(2,12-15)16(3)11-13-8-7-10-17-13/h7-8,10H,4-6,9,11-12,15H2,1-3H3. The first-order valence-corrected chi connectivity index (χ1v) is 6.56. The summed E-state index contributed by atoms with van der Waals surface area (Å²) in [6.45, 7) is 5.98. The Labute approximate surface area is 105 Å². The van der Waals surface area contributed by atoms with Crippen molar-refractivity contribution >= 4 is 0 Å². The summed E-state index contributed by atoms with van der Waals surface area (Å²) in [6.07, 6.45) is 6.65. The van der Waals surface area contributed by atoms with E-state index in [0.29, 0.717) is 6.54 Å². The van der Waals surface area contributed by atoms with Crippen molar-refractivity contribution in [1.82, 2.24) is 4.90 Å². The van der Waals surface area contributed by atoms with Gasteiger partial charge in [-0.25, -0.2) is 0 Å². The Morgan fingerprint density at radius 3 is 2.71 bits per heavy atom. The number of rotatable bonds is 8. The van der Waals surface area contributed by atoms with Gasteiger partial charge in [-0.2, -0.15) is 0 Å². The number of unbranched alkanes of at least 4 members (excludes halogenated alkanes) is 2. The van der Waals surface area contributed by atoms with Crippen LogP contribution in [0.1, 0.15) is 45.3 Å². The zero-order valence-corrected chi connectivity index (χ0v) is 11.4. The van der Waals surface area contributed by atoms with Crippen LogP contribution in [0.25, 0.3) is 0 Å². The lowest BCUT2D eigenvalue weighted by Crippen LogP contribution is -2.49. The Kier molecular flexibility index (Phi) is 5.72. The van der Waals surface area contributed by atoms with Crippen LogP contribution in [0.15, 0.2) is 22.8 Å². The van der Waals surface area contributed by atoms with Crippen LogP contribution >= 0.6 is 0 Å². The van der Waals surface area contributed by atoms with Gasteiger partial charge in [-0.3, -0.25) is 4.90 Å². The molecule has 0 aliphatic heterocycles. The molecule has 0 aromatic carbocycles. The summed E-state index contributed by atoms with van der Waals surface area (Å²) in [6, 6.07) is 3.94. The molecule has 0 aliphatic rings. The Morgan fingerprint density at radius 2 is 2.18 bits per heavy atom. The fraction of sp³-hybridized carbons (Fsp3) is 0.714. The van der Waals surface area contributed by atoms with Gasteiger partial charge in [0.1, 0.15) is 5.76 Å². The summed E-state index contributed by atoms with van der Waals surface area (Å²) in [7, 11) is 2.13. The molecule has 0 fully saturated rings. The Balaban J connectivity index is 2.52. The number of hydrogen-bond acceptors (Lipinski definition) is 3. The number of furan rings is 1. The molecule has 3 nitrogen and oxygen atoms in total. The Bertz CT molecular complexity index is 297. The van der Waals surface area contributed by atoms with Gasteiger partial charge in [0, 0.05) is 12.1 Å². The van der Waals surface area contributed by atoms with Crippen LogP contribution in [0.5, 0.6) is 0 Å². The maximum Gasteiger partial charge on any atom is 0.117 e. The average molecular weight is 238 g/mol. The van der Waals surface area contributed by atoms with Crippen molar-refractivity contribution in [2.75, 3.05) is 13.6 Å². The van der Waals surface area contributed by atoms with Gasteiger partial charge in [0.2, 0.25) is 0 Å². The molecule has 1 aromatic rings. The monoisotopic (exact) mass is 238 g/mol. The molecule has 2 N–H and O–H groups in total. The van der Waals surface area contributed by atoms with Gasteiger partial charge in [0.15, 0.2) is 0 Å². The number of nitrogens with two attached hydrogens (primary N) is 1. The minimum absolute atomic E-state index is 0.0714. The van der Waals surface area contributed by atoms with Crippen LogP contribution in [0.3, 0.4) is 0 Å². The zero-order valence-electron chi connectivity index (χ0n) is 11.4. The fourth-order valence-corrected chi connectivity index (χ4v) is 2.03. The minimum atomic E-state index is 0.0714. The summed E-state index contributed by atoms with van der Waals surface area (Å²) in [5, 5.41) is 0. The maximum atomic E-state index is 5.95. The second-order valence-electron chi connectivity index (χ2n) is 5.09. The molecule has 1 unspecified atom stereocenters. The predicted octanol–water partition coefficient (Wildman–Crippen LogP) is 3.01. The van der Waals surface area contributed by atoms with Crippen molar-refractivity contribution in [3.05, 3.63) is 24.2 Å². The highest BCUT2D eigenvalue weighted by molar-refractivity contribution is 4.99. The molecule has 17 heavy (non-hydrogen) atoms. The van der Waals surface area contributed by atoms with E-state index in [9.17, 15) is 0 Å². The van der Waals surface area contributed by atoms with Gasteiger partial charge in [-0.1, -0.05) is 26.2 Å². The number of nitrogens with zero attached hydrogens (tertiary/aromatic N) is 1. The van der Waals surface area contributed by atoms with Gasteiger partial charge in [0.05, 0.1) is 12.8 Å². The van der Waals surface area contributed by atoms with Crippen molar-refractivity contribution in [1.29, 1.82) is 0 Å². The number of hydrogen-bond donors (Lipinski definition) is 1. The van der Waals surface area contributed by atoms with Crippen LogP contribution < -0.4 is 5.73 Å². The van der Waals surface area contributed by atoms with Gasteiger partial charge in [-0.15, -0.1) is 0 Å². The first-order chi connectivity index (χ1) is 8.12. The molecule has 98 valence electrons. The van der Waals surface area contributed by atoms with Crippen molar-refractivity contribution in [3.8, 4) is 0 Å². The highest BCUT2D eigenvalue weighted by Gasteiger charge is 2.27. The summed E-state index contributed by atoms with van der Waals surface area (Å²) in [5.74, 6) is 1.00. The summed E-state index contributed by atoms with van der Waals surface area (Å²) < 4.78 is 5.39. The maximum absolute atomic E-state index is 5.95. The van der Waals surface area contributed by atoms with E-state index in [1.807, 2.05) is 12.1 Å². The van der Waals surface area contributed by atoms with Crippen LogP contribution in [0.4, 0.5) is 0 Å². The van der Waals surface area contributed by atoms with Crippen LogP contribution in [0, 0.1) is 0 Å². The van der Waals surface area contributed by atoms with E-state index >= 15 is 0 Å². The van der Waals surface area contributed by atoms with Gasteiger partial charge in [-0.05, 0) is 32.5 Å². The summed E-state index contributed by atoms with van der Waals surface area (Å²) in [5.41, 5.74) is 6.02. The molecule has 0 aliphatic carbocycles. The lowest BCUT2D eigenvalue weighted by Gasteiger charge is -2.37. The SMILES string of the molecule is CCCCCC(C)(CN)N(C)Cc1ccco1. The Morgan fingerprint density at radius 1 is 1.41 bits per heavy atom. The molecule has 1 heterocycles. The molecule has 1 atom stereocenters. The van der Waals surface area contributed by atoms with Crippen molar-refractivity contribution in [2.24, 2.45) is 5.73 Å². The first kappa shape index (κ1) is 14.3. The molecule has 0 radical (unpaired) electrons. The lowest BCUT2D eigenvalue weighted by molar-refractivity contribution is 0.114. The van der Waals surface area contributed by atoms with E-state index in [1.165, 1.54) is 19.3 Å². The third-order valence-electron chi connectivity index (χ3n) is 3.65. The number of likely N-dealkylation sites (N-methyl/N-ethyl adjacent to an activating group) is 1. The van der Waals surface area contributed by atoms with Crippen LogP contribution in [0.2, 0.25) is 0 Å². The quantitative estimate of drug-likeness (QED) is 0.708. The van der Waals surface area contributed by atoms with Crippen molar-refractivity contribution in [3.63, 3.8) is 0 Å². The second-order valence-corrected chi connectivity index (χ2v) is 5.09. The molecule has 1 rings (SSSR count). The summed E-state index contributed by atoms with van der Waals surface area (Å²) in [4.78, 5) is 2.31.